The summed E-state index contributed by atoms with van der Waals surface area (Å²) in [5.41, 5.74) is 19.7. The van der Waals surface area contributed by atoms with E-state index in [4.69, 9.17) is 15.0 Å². The molecule has 82 heavy (non-hydrogen) atoms. The molecule has 0 aliphatic rings. The molecule has 0 atom stereocenters. The second-order valence-corrected chi connectivity index (χ2v) is 20.6. The molecule has 0 saturated heterocycles. The highest BCUT2D eigenvalue weighted by Crippen LogP contribution is 2.45. The van der Waals surface area contributed by atoms with Crippen LogP contribution in [0.3, 0.4) is 0 Å². The molecule has 0 radical (unpaired) electrons. The molecule has 382 valence electrons. The third-order valence-corrected chi connectivity index (χ3v) is 15.8. The number of hydrogen-bond acceptors (Lipinski definition) is 4. The van der Waals surface area contributed by atoms with Gasteiger partial charge in [0, 0.05) is 43.8 Å². The number of nitriles is 1. The van der Waals surface area contributed by atoms with Gasteiger partial charge in [-0.25, -0.2) is 15.0 Å². The van der Waals surface area contributed by atoms with E-state index in [1.807, 2.05) is 72.8 Å². The first kappa shape index (κ1) is 47.9. The molecule has 6 nitrogen and oxygen atoms in total. The minimum absolute atomic E-state index is 0.530. The molecule has 15 aromatic rings. The summed E-state index contributed by atoms with van der Waals surface area (Å²) >= 11 is 0. The molecule has 15 rings (SSSR count). The maximum absolute atomic E-state index is 11.3. The second kappa shape index (κ2) is 20.2. The maximum atomic E-state index is 11.3. The molecule has 3 aromatic heterocycles. The molecular formula is C76H48N6. The van der Waals surface area contributed by atoms with Gasteiger partial charge in [-0.15, -0.1) is 0 Å². The van der Waals surface area contributed by atoms with E-state index in [2.05, 4.69) is 234 Å². The number of para-hydroxylation sites is 1. The molecule has 12 aromatic carbocycles. The Hall–Kier alpha value is -11.3. The molecule has 0 aliphatic heterocycles. The van der Waals surface area contributed by atoms with Crippen molar-refractivity contribution in [3.05, 3.63) is 297 Å². The Kier molecular flexibility index (Phi) is 11.8. The van der Waals surface area contributed by atoms with Crippen LogP contribution in [0.4, 0.5) is 0 Å². The molecule has 0 amide bonds. The van der Waals surface area contributed by atoms with E-state index in [0.717, 1.165) is 127 Å². The monoisotopic (exact) mass is 1040 g/mol. The first-order valence-corrected chi connectivity index (χ1v) is 27.6. The summed E-state index contributed by atoms with van der Waals surface area (Å²) in [6.07, 6.45) is 0. The molecule has 0 spiro atoms. The predicted octanol–water partition coefficient (Wildman–Crippen LogP) is 19.3. The Bertz CT molecular complexity index is 4700. The molecule has 0 aliphatic carbocycles. The van der Waals surface area contributed by atoms with Crippen LogP contribution >= 0.6 is 0 Å². The fourth-order valence-corrected chi connectivity index (χ4v) is 11.9. The van der Waals surface area contributed by atoms with Crippen molar-refractivity contribution in [2.75, 3.05) is 0 Å². The van der Waals surface area contributed by atoms with Gasteiger partial charge in [0.25, 0.3) is 0 Å². The maximum Gasteiger partial charge on any atom is 0.166 e. The summed E-state index contributed by atoms with van der Waals surface area (Å²) in [5, 5.41) is 15.7. The van der Waals surface area contributed by atoms with Crippen LogP contribution in [0.15, 0.2) is 291 Å². The second-order valence-electron chi connectivity index (χ2n) is 20.6. The lowest BCUT2D eigenvalue weighted by molar-refractivity contribution is 1.06. The van der Waals surface area contributed by atoms with Crippen LogP contribution in [0.5, 0.6) is 0 Å². The zero-order valence-corrected chi connectivity index (χ0v) is 44.4. The highest BCUT2D eigenvalue weighted by molar-refractivity contribution is 6.14. The van der Waals surface area contributed by atoms with Crippen molar-refractivity contribution in [1.29, 1.82) is 5.26 Å². The fraction of sp³-hybridized carbons (Fsp3) is 0. The first-order chi connectivity index (χ1) is 40.6. The standard InChI is InChI=1S/C76H48N6/c77-49-61-32-19-33-62(73(61)82-70-42-37-58(52-24-11-3-12-25-52)46-66(70)67-47-59(38-43-71(67)82)53-26-13-4-14-27-53)60-34-39-63(76-79-74(54-28-15-5-16-29-54)78-75(80-76)55-30-17-6-18-31-55)72(48-60)81-68-40-35-56(50-20-7-1-8-21-50)44-64(68)65-45-57(36-41-69(65)81)51-22-9-2-10-23-51/h1-48H. The zero-order valence-electron chi connectivity index (χ0n) is 44.4. The molecule has 0 N–H and O–H groups in total. The van der Waals surface area contributed by atoms with Gasteiger partial charge in [0.15, 0.2) is 17.5 Å². The van der Waals surface area contributed by atoms with Crippen molar-refractivity contribution < 1.29 is 0 Å². The van der Waals surface area contributed by atoms with Crippen LogP contribution in [0.2, 0.25) is 0 Å². The van der Waals surface area contributed by atoms with Gasteiger partial charge >= 0.3 is 0 Å². The van der Waals surface area contributed by atoms with Gasteiger partial charge < -0.3 is 9.13 Å². The Morgan fingerprint density at radius 3 is 0.976 bits per heavy atom. The number of benzene rings is 12. The Morgan fingerprint density at radius 1 is 0.256 bits per heavy atom. The molecule has 0 unspecified atom stereocenters. The van der Waals surface area contributed by atoms with Crippen LogP contribution < -0.4 is 0 Å². The molecule has 0 fully saturated rings. The highest BCUT2D eigenvalue weighted by Gasteiger charge is 2.25. The number of fused-ring (bicyclic) bond motifs is 6. The number of hydrogen-bond donors (Lipinski definition) is 0. The van der Waals surface area contributed by atoms with Gasteiger partial charge in [0.05, 0.1) is 39.0 Å². The number of aromatic nitrogens is 5. The van der Waals surface area contributed by atoms with Crippen molar-refractivity contribution in [2.45, 2.75) is 0 Å². The van der Waals surface area contributed by atoms with Crippen molar-refractivity contribution >= 4 is 43.6 Å². The van der Waals surface area contributed by atoms with E-state index in [1.54, 1.807) is 0 Å². The lowest BCUT2D eigenvalue weighted by atomic mass is 9.97. The average molecular weight is 1050 g/mol. The molecular weight excluding hydrogens is 997 g/mol. The normalized spacial score (nSPS) is 11.4. The summed E-state index contributed by atoms with van der Waals surface area (Å²) in [6.45, 7) is 0. The van der Waals surface area contributed by atoms with Crippen LogP contribution in [-0.4, -0.2) is 24.1 Å². The fourth-order valence-electron chi connectivity index (χ4n) is 11.9. The third-order valence-electron chi connectivity index (χ3n) is 15.8. The van der Waals surface area contributed by atoms with Gasteiger partial charge in [-0.2, -0.15) is 5.26 Å². The first-order valence-electron chi connectivity index (χ1n) is 27.6. The highest BCUT2D eigenvalue weighted by atomic mass is 15.1. The van der Waals surface area contributed by atoms with Crippen molar-refractivity contribution in [3.63, 3.8) is 0 Å². The predicted molar refractivity (Wildman–Crippen MR) is 337 cm³/mol. The summed E-state index contributed by atoms with van der Waals surface area (Å²) in [6, 6.07) is 105. The Labute approximate surface area is 474 Å². The zero-order chi connectivity index (χ0) is 54.5. The average Bonchev–Trinajstić information content (AvgIpc) is 3.00. The van der Waals surface area contributed by atoms with E-state index in [9.17, 15) is 5.26 Å². The lowest BCUT2D eigenvalue weighted by Gasteiger charge is -2.19. The smallest absolute Gasteiger partial charge is 0.166 e. The van der Waals surface area contributed by atoms with E-state index < -0.39 is 0 Å². The summed E-state index contributed by atoms with van der Waals surface area (Å²) in [5.74, 6) is 1.67. The van der Waals surface area contributed by atoms with Gasteiger partial charge in [0.1, 0.15) is 6.07 Å². The van der Waals surface area contributed by atoms with Gasteiger partial charge in [-0.05, 0) is 117 Å². The van der Waals surface area contributed by atoms with Crippen LogP contribution in [0.1, 0.15) is 5.56 Å². The van der Waals surface area contributed by atoms with Gasteiger partial charge in [-0.3, -0.25) is 0 Å². The molecule has 6 heteroatoms. The van der Waals surface area contributed by atoms with Crippen molar-refractivity contribution in [2.24, 2.45) is 0 Å². The van der Waals surface area contributed by atoms with E-state index in [0.29, 0.717) is 23.0 Å². The van der Waals surface area contributed by atoms with Crippen molar-refractivity contribution in [3.8, 4) is 107 Å². The SMILES string of the molecule is N#Cc1cccc(-c2ccc(-c3nc(-c4ccccc4)nc(-c4ccccc4)n3)c(-n3c4ccc(-c5ccccc5)cc4c4cc(-c5ccccc5)ccc43)c2)c1-n1c2ccc(-c3ccccc3)cc2c2cc(-c3ccccc3)ccc21. The lowest BCUT2D eigenvalue weighted by Crippen LogP contribution is -2.05. The summed E-state index contributed by atoms with van der Waals surface area (Å²) in [7, 11) is 0. The van der Waals surface area contributed by atoms with Crippen LogP contribution in [0.25, 0.3) is 145 Å². The van der Waals surface area contributed by atoms with Gasteiger partial charge in [0.2, 0.25) is 0 Å². The quantitative estimate of drug-likeness (QED) is 0.137. The van der Waals surface area contributed by atoms with E-state index in [-0.39, 0.29) is 0 Å². The summed E-state index contributed by atoms with van der Waals surface area (Å²) in [4.78, 5) is 15.9. The number of rotatable bonds is 10. The summed E-state index contributed by atoms with van der Waals surface area (Å²) < 4.78 is 4.68. The third kappa shape index (κ3) is 8.40. The molecule has 3 heterocycles. The number of nitrogens with zero attached hydrogens (tertiary/aromatic N) is 6. The van der Waals surface area contributed by atoms with Crippen LogP contribution in [-0.2, 0) is 0 Å². The minimum Gasteiger partial charge on any atom is -0.308 e. The Morgan fingerprint density at radius 2 is 0.598 bits per heavy atom. The van der Waals surface area contributed by atoms with E-state index in [1.165, 1.54) is 0 Å². The Balaban J connectivity index is 1.02. The molecule has 0 bridgehead atoms. The topological polar surface area (TPSA) is 72.3 Å². The van der Waals surface area contributed by atoms with Crippen LogP contribution in [0, 0.1) is 11.3 Å². The largest absolute Gasteiger partial charge is 0.308 e. The van der Waals surface area contributed by atoms with E-state index >= 15 is 0 Å². The minimum atomic E-state index is 0.530. The van der Waals surface area contributed by atoms with Gasteiger partial charge in [-0.1, -0.05) is 224 Å². The van der Waals surface area contributed by atoms with Crippen molar-refractivity contribution in [1.82, 2.24) is 24.1 Å². The molecule has 0 saturated carbocycles.